The molecule has 5 heteroatoms. The Labute approximate surface area is 103 Å². The van der Waals surface area contributed by atoms with Crippen LogP contribution in [0.2, 0.25) is 0 Å². The first-order valence-corrected chi connectivity index (χ1v) is 6.07. The predicted molar refractivity (Wildman–Crippen MR) is 66.8 cm³/mol. The minimum Gasteiger partial charge on any atom is -0.475 e. The molecule has 17 heavy (non-hydrogen) atoms. The summed E-state index contributed by atoms with van der Waals surface area (Å²) in [6.07, 6.45) is 0. The van der Waals surface area contributed by atoms with E-state index in [1.165, 1.54) is 10.9 Å². The summed E-state index contributed by atoms with van der Waals surface area (Å²) in [7, 11) is 1.88. The van der Waals surface area contributed by atoms with Crippen LogP contribution in [0.25, 0.3) is 0 Å². The fourth-order valence-electron chi connectivity index (χ4n) is 1.54. The molecule has 2 rings (SSSR count). The zero-order valence-electron chi connectivity index (χ0n) is 9.58. The van der Waals surface area contributed by atoms with Crippen molar-refractivity contribution in [1.29, 1.82) is 0 Å². The summed E-state index contributed by atoms with van der Waals surface area (Å²) in [6.45, 7) is 2.05. The summed E-state index contributed by atoms with van der Waals surface area (Å²) < 4.78 is 5.26. The van der Waals surface area contributed by atoms with E-state index >= 15 is 0 Å². The normalized spacial score (nSPS) is 12.4. The van der Waals surface area contributed by atoms with Crippen LogP contribution in [0.3, 0.4) is 0 Å². The molecule has 0 aromatic carbocycles. The number of carbonyl (C=O) groups is 1. The van der Waals surface area contributed by atoms with Crippen LogP contribution in [0.5, 0.6) is 0 Å². The van der Waals surface area contributed by atoms with Gasteiger partial charge in [0.05, 0.1) is 6.04 Å². The van der Waals surface area contributed by atoms with E-state index in [1.807, 2.05) is 29.5 Å². The Bertz CT molecular complexity index is 504. The summed E-state index contributed by atoms with van der Waals surface area (Å²) >= 11 is 1.67. The third-order valence-corrected chi connectivity index (χ3v) is 3.73. The first-order valence-electron chi connectivity index (χ1n) is 5.19. The van der Waals surface area contributed by atoms with Gasteiger partial charge in [-0.25, -0.2) is 4.79 Å². The average Bonchev–Trinajstić information content (AvgIpc) is 2.97. The Morgan fingerprint density at radius 2 is 2.24 bits per heavy atom. The van der Waals surface area contributed by atoms with Crippen LogP contribution in [0.4, 0.5) is 5.88 Å². The van der Waals surface area contributed by atoms with Crippen molar-refractivity contribution in [3.8, 4) is 0 Å². The summed E-state index contributed by atoms with van der Waals surface area (Å²) in [5.41, 5.74) is 0. The third kappa shape index (κ3) is 2.34. The van der Waals surface area contributed by atoms with Crippen LogP contribution in [-0.2, 0) is 0 Å². The van der Waals surface area contributed by atoms with Gasteiger partial charge in [-0.05, 0) is 24.4 Å². The van der Waals surface area contributed by atoms with Gasteiger partial charge in [0.2, 0.25) is 5.76 Å². The molecule has 0 radical (unpaired) electrons. The lowest BCUT2D eigenvalue weighted by molar-refractivity contribution is 0.0663. The molecule has 2 aromatic rings. The van der Waals surface area contributed by atoms with Crippen LogP contribution in [-0.4, -0.2) is 18.1 Å². The van der Waals surface area contributed by atoms with Crippen molar-refractivity contribution in [3.63, 3.8) is 0 Å². The lowest BCUT2D eigenvalue weighted by atomic mass is 10.2. The van der Waals surface area contributed by atoms with E-state index in [2.05, 4.69) is 6.92 Å². The van der Waals surface area contributed by atoms with Crippen molar-refractivity contribution in [2.24, 2.45) is 0 Å². The molecule has 0 bridgehead atoms. The second-order valence-corrected chi connectivity index (χ2v) is 4.72. The minimum atomic E-state index is -1.05. The molecule has 90 valence electrons. The Hall–Kier alpha value is -1.75. The first kappa shape index (κ1) is 11.7. The van der Waals surface area contributed by atoms with E-state index in [0.717, 1.165) is 0 Å². The summed E-state index contributed by atoms with van der Waals surface area (Å²) in [5.74, 6) is -0.526. The standard InChI is InChI=1S/C12H13NO3S/c1-8(10-4-3-7-17-10)13(2)11-6-5-9(16-11)12(14)15/h3-8H,1-2H3,(H,14,15). The van der Waals surface area contributed by atoms with Crippen LogP contribution in [0, 0.1) is 0 Å². The second-order valence-electron chi connectivity index (χ2n) is 3.75. The summed E-state index contributed by atoms with van der Waals surface area (Å²) in [5, 5.41) is 10.8. The highest BCUT2D eigenvalue weighted by molar-refractivity contribution is 7.10. The van der Waals surface area contributed by atoms with Crippen molar-refractivity contribution >= 4 is 23.2 Å². The van der Waals surface area contributed by atoms with Gasteiger partial charge in [0.1, 0.15) is 0 Å². The smallest absolute Gasteiger partial charge is 0.371 e. The van der Waals surface area contributed by atoms with E-state index in [-0.39, 0.29) is 11.8 Å². The molecular weight excluding hydrogens is 238 g/mol. The molecule has 0 spiro atoms. The fourth-order valence-corrected chi connectivity index (χ4v) is 2.37. The minimum absolute atomic E-state index is 0.0368. The zero-order chi connectivity index (χ0) is 12.4. The Morgan fingerprint density at radius 3 is 2.76 bits per heavy atom. The second kappa shape index (κ2) is 4.63. The van der Waals surface area contributed by atoms with E-state index in [9.17, 15) is 4.79 Å². The monoisotopic (exact) mass is 251 g/mol. The number of hydrogen-bond donors (Lipinski definition) is 1. The highest BCUT2D eigenvalue weighted by Crippen LogP contribution is 2.29. The lowest BCUT2D eigenvalue weighted by Gasteiger charge is -2.23. The maximum atomic E-state index is 10.7. The van der Waals surface area contributed by atoms with Crippen molar-refractivity contribution in [2.75, 3.05) is 11.9 Å². The molecule has 0 aliphatic rings. The van der Waals surface area contributed by atoms with Gasteiger partial charge < -0.3 is 14.4 Å². The topological polar surface area (TPSA) is 53.7 Å². The fraction of sp³-hybridized carbons (Fsp3) is 0.250. The quantitative estimate of drug-likeness (QED) is 0.906. The number of thiophene rings is 1. The highest BCUT2D eigenvalue weighted by Gasteiger charge is 2.17. The van der Waals surface area contributed by atoms with E-state index in [1.54, 1.807) is 17.4 Å². The largest absolute Gasteiger partial charge is 0.475 e. The highest BCUT2D eigenvalue weighted by atomic mass is 32.1. The van der Waals surface area contributed by atoms with E-state index < -0.39 is 5.97 Å². The maximum absolute atomic E-state index is 10.7. The molecule has 0 saturated carbocycles. The molecule has 1 N–H and O–H groups in total. The lowest BCUT2D eigenvalue weighted by Crippen LogP contribution is -2.20. The maximum Gasteiger partial charge on any atom is 0.371 e. The zero-order valence-corrected chi connectivity index (χ0v) is 10.4. The number of rotatable bonds is 4. The first-order chi connectivity index (χ1) is 8.09. The molecule has 2 aromatic heterocycles. The van der Waals surface area contributed by atoms with E-state index in [4.69, 9.17) is 9.52 Å². The number of aromatic carboxylic acids is 1. The molecule has 0 fully saturated rings. The molecular formula is C12H13NO3S. The van der Waals surface area contributed by atoms with Gasteiger partial charge in [-0.15, -0.1) is 11.3 Å². The van der Waals surface area contributed by atoms with Gasteiger partial charge >= 0.3 is 5.97 Å². The van der Waals surface area contributed by atoms with Gasteiger partial charge in [-0.3, -0.25) is 0 Å². The molecule has 2 heterocycles. The van der Waals surface area contributed by atoms with Crippen molar-refractivity contribution in [2.45, 2.75) is 13.0 Å². The Morgan fingerprint density at radius 1 is 1.47 bits per heavy atom. The summed E-state index contributed by atoms with van der Waals surface area (Å²) in [6, 6.07) is 7.34. The van der Waals surface area contributed by atoms with Crippen LogP contribution < -0.4 is 4.90 Å². The molecule has 0 amide bonds. The molecule has 0 saturated heterocycles. The number of anilines is 1. The molecule has 4 nitrogen and oxygen atoms in total. The number of carboxylic acids is 1. The van der Waals surface area contributed by atoms with Crippen molar-refractivity contribution in [1.82, 2.24) is 0 Å². The average molecular weight is 251 g/mol. The Kier molecular flexibility index (Phi) is 3.19. The third-order valence-electron chi connectivity index (χ3n) is 2.69. The van der Waals surface area contributed by atoms with Crippen LogP contribution in [0.1, 0.15) is 28.4 Å². The number of hydrogen-bond acceptors (Lipinski definition) is 4. The predicted octanol–water partition coefficient (Wildman–Crippen LogP) is 3.24. The summed E-state index contributed by atoms with van der Waals surface area (Å²) in [4.78, 5) is 13.8. The SMILES string of the molecule is CC(c1cccs1)N(C)c1ccc(C(=O)O)o1. The number of furan rings is 1. The molecule has 1 atom stereocenters. The van der Waals surface area contributed by atoms with Crippen molar-refractivity contribution < 1.29 is 14.3 Å². The Balaban J connectivity index is 2.19. The number of nitrogens with zero attached hydrogens (tertiary/aromatic N) is 1. The van der Waals surface area contributed by atoms with Crippen molar-refractivity contribution in [3.05, 3.63) is 40.3 Å². The van der Waals surface area contributed by atoms with Crippen LogP contribution >= 0.6 is 11.3 Å². The van der Waals surface area contributed by atoms with Gasteiger partial charge in [0, 0.05) is 18.0 Å². The van der Waals surface area contributed by atoms with Crippen LogP contribution in [0.15, 0.2) is 34.1 Å². The molecule has 0 aliphatic carbocycles. The van der Waals surface area contributed by atoms with Gasteiger partial charge in [0.15, 0.2) is 5.88 Å². The molecule has 1 unspecified atom stereocenters. The molecule has 0 aliphatic heterocycles. The van der Waals surface area contributed by atoms with Gasteiger partial charge in [0.25, 0.3) is 0 Å². The number of carboxylic acid groups (broad SMARTS) is 1. The van der Waals surface area contributed by atoms with Gasteiger partial charge in [-0.2, -0.15) is 0 Å². The van der Waals surface area contributed by atoms with Gasteiger partial charge in [-0.1, -0.05) is 6.07 Å². The van der Waals surface area contributed by atoms with E-state index in [0.29, 0.717) is 5.88 Å².